The van der Waals surface area contributed by atoms with Gasteiger partial charge in [0.25, 0.3) is 5.91 Å². The molecule has 6 nitrogen and oxygen atoms in total. The van der Waals surface area contributed by atoms with Gasteiger partial charge in [-0.2, -0.15) is 0 Å². The Morgan fingerprint density at radius 3 is 2.35 bits per heavy atom. The summed E-state index contributed by atoms with van der Waals surface area (Å²) in [5.74, 6) is 1.18. The number of hydrogen-bond donors (Lipinski definition) is 0. The first-order chi connectivity index (χ1) is 14.2. The maximum atomic E-state index is 13.5. The molecule has 168 valence electrons. The lowest BCUT2D eigenvalue weighted by Gasteiger charge is -2.31. The standard InChI is InChI=1S/C22H26ClN3O3S.ClH/c1-22(2,29-16-8-6-15(23)7-9-16)20(27)26(13-12-25(3)4)21-24-18-11-10-17(28-5)14-19(18)30-21;/h6-11,14H,12-13H2,1-5H3;1H. The molecule has 31 heavy (non-hydrogen) atoms. The van der Waals surface area contributed by atoms with Crippen molar-refractivity contribution in [3.8, 4) is 11.5 Å². The number of benzene rings is 2. The van der Waals surface area contributed by atoms with Gasteiger partial charge in [-0.25, -0.2) is 4.98 Å². The molecule has 0 unspecified atom stereocenters. The summed E-state index contributed by atoms with van der Waals surface area (Å²) in [6, 6.07) is 12.7. The number of thiazole rings is 1. The minimum atomic E-state index is -1.09. The molecule has 0 saturated carbocycles. The van der Waals surface area contributed by atoms with E-state index in [0.29, 0.717) is 29.0 Å². The van der Waals surface area contributed by atoms with Crippen molar-refractivity contribution in [2.75, 3.05) is 39.2 Å². The van der Waals surface area contributed by atoms with Crippen molar-refractivity contribution >= 4 is 56.6 Å². The van der Waals surface area contributed by atoms with E-state index < -0.39 is 5.60 Å². The zero-order valence-corrected chi connectivity index (χ0v) is 20.6. The van der Waals surface area contributed by atoms with E-state index in [1.807, 2.05) is 37.2 Å². The normalized spacial score (nSPS) is 11.3. The number of anilines is 1. The summed E-state index contributed by atoms with van der Waals surface area (Å²) < 4.78 is 12.3. The quantitative estimate of drug-likeness (QED) is 0.444. The van der Waals surface area contributed by atoms with Crippen LogP contribution in [0.15, 0.2) is 42.5 Å². The number of aromatic nitrogens is 1. The zero-order valence-electron chi connectivity index (χ0n) is 18.2. The Morgan fingerprint density at radius 2 is 1.74 bits per heavy atom. The molecule has 0 spiro atoms. The summed E-state index contributed by atoms with van der Waals surface area (Å²) in [5.41, 5.74) is -0.259. The van der Waals surface area contributed by atoms with Crippen molar-refractivity contribution < 1.29 is 14.3 Å². The van der Waals surface area contributed by atoms with Gasteiger partial charge >= 0.3 is 0 Å². The van der Waals surface area contributed by atoms with E-state index in [4.69, 9.17) is 26.1 Å². The van der Waals surface area contributed by atoms with Crippen molar-refractivity contribution in [2.24, 2.45) is 0 Å². The Hall–Kier alpha value is -2.06. The van der Waals surface area contributed by atoms with Crippen molar-refractivity contribution in [3.63, 3.8) is 0 Å². The fraction of sp³-hybridized carbons (Fsp3) is 0.364. The largest absolute Gasteiger partial charge is 0.497 e. The van der Waals surface area contributed by atoms with Crippen molar-refractivity contribution in [2.45, 2.75) is 19.4 Å². The molecule has 3 aromatic rings. The van der Waals surface area contributed by atoms with Crippen LogP contribution in [0.25, 0.3) is 10.2 Å². The van der Waals surface area contributed by atoms with Crippen LogP contribution in [-0.2, 0) is 4.79 Å². The van der Waals surface area contributed by atoms with Gasteiger partial charge in [-0.1, -0.05) is 22.9 Å². The molecule has 0 aliphatic rings. The molecule has 9 heteroatoms. The van der Waals surface area contributed by atoms with Gasteiger partial charge in [0, 0.05) is 18.1 Å². The number of amides is 1. The highest BCUT2D eigenvalue weighted by atomic mass is 35.5. The first-order valence-corrected chi connectivity index (χ1v) is 10.7. The molecule has 0 aliphatic heterocycles. The number of likely N-dealkylation sites (N-methyl/N-ethyl adjacent to an activating group) is 1. The molecular weight excluding hydrogens is 457 g/mol. The number of carbonyl (C=O) groups excluding carboxylic acids is 1. The molecule has 0 saturated heterocycles. The van der Waals surface area contributed by atoms with Crippen molar-refractivity contribution in [1.29, 1.82) is 0 Å². The lowest BCUT2D eigenvalue weighted by molar-refractivity contribution is -0.131. The van der Waals surface area contributed by atoms with Gasteiger partial charge in [0.1, 0.15) is 11.5 Å². The van der Waals surface area contributed by atoms with Crippen LogP contribution in [-0.4, -0.2) is 55.7 Å². The highest BCUT2D eigenvalue weighted by Gasteiger charge is 2.36. The number of hydrogen-bond acceptors (Lipinski definition) is 6. The Morgan fingerprint density at radius 1 is 1.10 bits per heavy atom. The molecule has 0 bridgehead atoms. The summed E-state index contributed by atoms with van der Waals surface area (Å²) in [6.07, 6.45) is 0. The van der Waals surface area contributed by atoms with Gasteiger partial charge in [0.15, 0.2) is 10.7 Å². The molecule has 0 atom stereocenters. The van der Waals surface area contributed by atoms with E-state index in [1.54, 1.807) is 50.1 Å². The number of nitrogens with zero attached hydrogens (tertiary/aromatic N) is 3. The first kappa shape index (κ1) is 25.2. The minimum absolute atomic E-state index is 0. The first-order valence-electron chi connectivity index (χ1n) is 9.55. The van der Waals surface area contributed by atoms with Crippen LogP contribution in [0, 0.1) is 0 Å². The Bertz CT molecular complexity index is 1020. The summed E-state index contributed by atoms with van der Waals surface area (Å²) in [5, 5.41) is 1.25. The predicted molar refractivity (Wildman–Crippen MR) is 130 cm³/mol. The molecule has 0 radical (unpaired) electrons. The highest BCUT2D eigenvalue weighted by Crippen LogP contribution is 2.33. The number of halogens is 2. The van der Waals surface area contributed by atoms with Crippen LogP contribution in [0.4, 0.5) is 5.13 Å². The second-order valence-corrected chi connectivity index (χ2v) is 9.10. The van der Waals surface area contributed by atoms with Gasteiger partial charge in [-0.15, -0.1) is 12.4 Å². The summed E-state index contributed by atoms with van der Waals surface area (Å²) in [6.45, 7) is 4.73. The van der Waals surface area contributed by atoms with Crippen LogP contribution in [0.3, 0.4) is 0 Å². The average molecular weight is 484 g/mol. The molecule has 1 heterocycles. The van der Waals surface area contributed by atoms with Gasteiger partial charge < -0.3 is 14.4 Å². The minimum Gasteiger partial charge on any atom is -0.497 e. The fourth-order valence-electron chi connectivity index (χ4n) is 2.89. The van der Waals surface area contributed by atoms with E-state index in [2.05, 4.69) is 0 Å². The van der Waals surface area contributed by atoms with Crippen LogP contribution in [0.2, 0.25) is 5.02 Å². The third-order valence-electron chi connectivity index (χ3n) is 4.53. The summed E-state index contributed by atoms with van der Waals surface area (Å²) in [4.78, 5) is 22.0. The Kier molecular flexibility index (Phi) is 8.54. The summed E-state index contributed by atoms with van der Waals surface area (Å²) >= 11 is 7.42. The second kappa shape index (κ2) is 10.5. The number of ether oxygens (including phenoxy) is 2. The molecule has 0 fully saturated rings. The maximum absolute atomic E-state index is 13.5. The number of methoxy groups -OCH3 is 1. The molecule has 0 N–H and O–H groups in total. The highest BCUT2D eigenvalue weighted by molar-refractivity contribution is 7.22. The number of fused-ring (bicyclic) bond motifs is 1. The average Bonchev–Trinajstić information content (AvgIpc) is 3.12. The van der Waals surface area contributed by atoms with Gasteiger partial charge in [-0.05, 0) is 70.4 Å². The number of rotatable bonds is 8. The molecule has 1 amide bonds. The Balaban J connectivity index is 0.00000341. The topological polar surface area (TPSA) is 54.9 Å². The van der Waals surface area contributed by atoms with E-state index >= 15 is 0 Å². The molecular formula is C22H27Cl2N3O3S. The van der Waals surface area contributed by atoms with Crippen LogP contribution >= 0.6 is 35.3 Å². The van der Waals surface area contributed by atoms with Crippen LogP contribution in [0.5, 0.6) is 11.5 Å². The summed E-state index contributed by atoms with van der Waals surface area (Å²) in [7, 11) is 5.58. The molecule has 2 aromatic carbocycles. The SMILES string of the molecule is COc1ccc2nc(N(CCN(C)C)C(=O)C(C)(C)Oc3ccc(Cl)cc3)sc2c1.Cl. The maximum Gasteiger partial charge on any atom is 0.272 e. The third-order valence-corrected chi connectivity index (χ3v) is 5.83. The van der Waals surface area contributed by atoms with Crippen molar-refractivity contribution in [1.82, 2.24) is 9.88 Å². The Labute approximate surface area is 198 Å². The molecule has 3 rings (SSSR count). The lowest BCUT2D eigenvalue weighted by atomic mass is 10.1. The number of carbonyl (C=O) groups is 1. The molecule has 0 aliphatic carbocycles. The van der Waals surface area contributed by atoms with Gasteiger partial charge in [-0.3, -0.25) is 9.69 Å². The smallest absolute Gasteiger partial charge is 0.272 e. The second-order valence-electron chi connectivity index (χ2n) is 7.66. The van der Waals surface area contributed by atoms with E-state index in [9.17, 15) is 4.79 Å². The van der Waals surface area contributed by atoms with Crippen LogP contribution in [0.1, 0.15) is 13.8 Å². The predicted octanol–water partition coefficient (Wildman–Crippen LogP) is 5.13. The van der Waals surface area contributed by atoms with Gasteiger partial charge in [0.2, 0.25) is 0 Å². The third kappa shape index (κ3) is 6.23. The molecule has 1 aromatic heterocycles. The lowest BCUT2D eigenvalue weighted by Crippen LogP contribution is -2.50. The van der Waals surface area contributed by atoms with Crippen molar-refractivity contribution in [3.05, 3.63) is 47.5 Å². The van der Waals surface area contributed by atoms with E-state index in [0.717, 1.165) is 16.0 Å². The van der Waals surface area contributed by atoms with Crippen LogP contribution < -0.4 is 14.4 Å². The van der Waals surface area contributed by atoms with Gasteiger partial charge in [0.05, 0.1) is 17.3 Å². The van der Waals surface area contributed by atoms with E-state index in [1.165, 1.54) is 11.3 Å². The monoisotopic (exact) mass is 483 g/mol. The zero-order chi connectivity index (χ0) is 21.9. The van der Waals surface area contributed by atoms with E-state index in [-0.39, 0.29) is 18.3 Å². The fourth-order valence-corrected chi connectivity index (χ4v) is 4.03.